The number of aromatic nitrogens is 1. The Morgan fingerprint density at radius 3 is 2.81 bits per heavy atom. The van der Waals surface area contributed by atoms with Crippen LogP contribution in [0.1, 0.15) is 28.9 Å². The Balaban J connectivity index is 2.14. The lowest BCUT2D eigenvalue weighted by atomic mass is 10.1. The monoisotopic (exact) mass is 332 g/mol. The number of nitrogens with zero attached hydrogens (tertiary/aromatic N) is 2. The Bertz CT molecular complexity index is 626. The Labute approximate surface area is 128 Å². The third kappa shape index (κ3) is 3.92. The van der Waals surface area contributed by atoms with Gasteiger partial charge in [-0.1, -0.05) is 0 Å². The maximum absolute atomic E-state index is 12.6. The number of hydrogen-bond donors (Lipinski definition) is 2. The first-order valence-corrected chi connectivity index (χ1v) is 9.39. The summed E-state index contributed by atoms with van der Waals surface area (Å²) in [6.07, 6.45) is 2.67. The molecule has 0 spiro atoms. The number of nitrogens with one attached hydrogen (secondary N) is 2. The van der Waals surface area contributed by atoms with E-state index in [4.69, 9.17) is 0 Å². The number of hydrogen-bond acceptors (Lipinski definition) is 6. The minimum absolute atomic E-state index is 0.0920. The number of likely N-dealkylation sites (tertiary alicyclic amines) is 1. The third-order valence-electron chi connectivity index (χ3n) is 3.39. The van der Waals surface area contributed by atoms with Crippen LogP contribution in [0, 0.1) is 6.92 Å². The summed E-state index contributed by atoms with van der Waals surface area (Å²) in [6, 6.07) is -0.220. The topological polar surface area (TPSA) is 91.4 Å². The maximum Gasteiger partial charge on any atom is 0.258 e. The average Bonchev–Trinajstić information content (AvgIpc) is 2.77. The average molecular weight is 332 g/mol. The number of anilines is 1. The van der Waals surface area contributed by atoms with Crippen molar-refractivity contribution in [3.63, 3.8) is 0 Å². The zero-order chi connectivity index (χ0) is 15.6. The SMILES string of the molecule is CNc1snc(C)c1C(=O)N1CCCC(NS(C)(=O)=O)C1. The molecule has 0 bridgehead atoms. The Kier molecular flexibility index (Phi) is 4.84. The second-order valence-corrected chi connectivity index (χ2v) is 7.76. The van der Waals surface area contributed by atoms with Crippen LogP contribution in [0.5, 0.6) is 0 Å². The van der Waals surface area contributed by atoms with Gasteiger partial charge in [0, 0.05) is 26.2 Å². The third-order valence-corrected chi connectivity index (χ3v) is 5.11. The summed E-state index contributed by atoms with van der Waals surface area (Å²) in [5, 5.41) is 3.73. The highest BCUT2D eigenvalue weighted by molar-refractivity contribution is 7.88. The highest BCUT2D eigenvalue weighted by atomic mass is 32.2. The van der Waals surface area contributed by atoms with E-state index in [0.717, 1.165) is 24.1 Å². The van der Waals surface area contributed by atoms with Gasteiger partial charge in [-0.05, 0) is 31.3 Å². The molecule has 1 aromatic heterocycles. The van der Waals surface area contributed by atoms with Gasteiger partial charge in [0.05, 0.1) is 17.5 Å². The first-order valence-electron chi connectivity index (χ1n) is 6.72. The van der Waals surface area contributed by atoms with Gasteiger partial charge in [-0.25, -0.2) is 13.1 Å². The van der Waals surface area contributed by atoms with Crippen LogP contribution in [-0.4, -0.2) is 56.0 Å². The second-order valence-electron chi connectivity index (χ2n) is 5.20. The molecule has 2 heterocycles. The molecule has 1 atom stereocenters. The van der Waals surface area contributed by atoms with E-state index in [1.165, 1.54) is 11.5 Å². The summed E-state index contributed by atoms with van der Waals surface area (Å²) in [4.78, 5) is 14.3. The molecular weight excluding hydrogens is 312 g/mol. The highest BCUT2D eigenvalue weighted by Crippen LogP contribution is 2.26. The molecule has 7 nitrogen and oxygen atoms in total. The quantitative estimate of drug-likeness (QED) is 0.844. The van der Waals surface area contributed by atoms with Crippen molar-refractivity contribution in [3.05, 3.63) is 11.3 Å². The van der Waals surface area contributed by atoms with Crippen LogP contribution in [0.25, 0.3) is 0 Å². The molecule has 1 aliphatic heterocycles. The van der Waals surface area contributed by atoms with Crippen LogP contribution < -0.4 is 10.0 Å². The molecule has 2 N–H and O–H groups in total. The van der Waals surface area contributed by atoms with E-state index in [-0.39, 0.29) is 11.9 Å². The van der Waals surface area contributed by atoms with E-state index in [1.807, 2.05) is 0 Å². The number of carbonyl (C=O) groups is 1. The zero-order valence-corrected chi connectivity index (χ0v) is 14.0. The molecule has 1 amide bonds. The molecule has 9 heteroatoms. The first kappa shape index (κ1) is 16.2. The van der Waals surface area contributed by atoms with E-state index in [9.17, 15) is 13.2 Å². The zero-order valence-electron chi connectivity index (χ0n) is 12.3. The largest absolute Gasteiger partial charge is 0.378 e. The summed E-state index contributed by atoms with van der Waals surface area (Å²) in [6.45, 7) is 2.84. The van der Waals surface area contributed by atoms with E-state index >= 15 is 0 Å². The van der Waals surface area contributed by atoms with Crippen LogP contribution in [-0.2, 0) is 10.0 Å². The van der Waals surface area contributed by atoms with Crippen molar-refractivity contribution in [2.45, 2.75) is 25.8 Å². The van der Waals surface area contributed by atoms with Crippen LogP contribution in [0.15, 0.2) is 0 Å². The van der Waals surface area contributed by atoms with Crippen LogP contribution in [0.4, 0.5) is 5.00 Å². The molecular formula is C12H20N4O3S2. The lowest BCUT2D eigenvalue weighted by molar-refractivity contribution is 0.0703. The summed E-state index contributed by atoms with van der Waals surface area (Å²) < 4.78 is 29.4. The molecule has 21 heavy (non-hydrogen) atoms. The van der Waals surface area contributed by atoms with Crippen LogP contribution in [0.2, 0.25) is 0 Å². The molecule has 1 aromatic rings. The Hall–Kier alpha value is -1.19. The van der Waals surface area contributed by atoms with Crippen molar-refractivity contribution >= 4 is 32.5 Å². The lowest BCUT2D eigenvalue weighted by Gasteiger charge is -2.32. The Morgan fingerprint density at radius 2 is 2.19 bits per heavy atom. The van der Waals surface area contributed by atoms with Crippen molar-refractivity contribution in [2.24, 2.45) is 0 Å². The van der Waals surface area contributed by atoms with Gasteiger partial charge in [0.1, 0.15) is 5.00 Å². The Morgan fingerprint density at radius 1 is 1.48 bits per heavy atom. The summed E-state index contributed by atoms with van der Waals surface area (Å²) in [5.74, 6) is -0.0920. The molecule has 2 rings (SSSR count). The van der Waals surface area contributed by atoms with Crippen molar-refractivity contribution in [1.29, 1.82) is 0 Å². The smallest absolute Gasteiger partial charge is 0.258 e. The molecule has 1 saturated heterocycles. The van der Waals surface area contributed by atoms with Gasteiger partial charge in [-0.15, -0.1) is 0 Å². The number of carbonyl (C=O) groups excluding carboxylic acids is 1. The van der Waals surface area contributed by atoms with E-state index < -0.39 is 10.0 Å². The van der Waals surface area contributed by atoms with Crippen molar-refractivity contribution in [3.8, 4) is 0 Å². The van der Waals surface area contributed by atoms with Crippen molar-refractivity contribution in [1.82, 2.24) is 14.0 Å². The molecule has 0 aliphatic carbocycles. The highest BCUT2D eigenvalue weighted by Gasteiger charge is 2.29. The maximum atomic E-state index is 12.6. The number of amides is 1. The number of piperidine rings is 1. The fourth-order valence-electron chi connectivity index (χ4n) is 2.51. The van der Waals surface area contributed by atoms with Gasteiger partial charge in [-0.3, -0.25) is 4.79 Å². The minimum atomic E-state index is -3.26. The number of sulfonamides is 1. The van der Waals surface area contributed by atoms with Crippen LogP contribution in [0.3, 0.4) is 0 Å². The molecule has 1 aliphatic rings. The van der Waals surface area contributed by atoms with Gasteiger partial charge in [0.2, 0.25) is 10.0 Å². The predicted molar refractivity (Wildman–Crippen MR) is 83.3 cm³/mol. The number of aryl methyl sites for hydroxylation is 1. The first-order chi connectivity index (χ1) is 9.81. The van der Waals surface area contributed by atoms with E-state index in [2.05, 4.69) is 14.4 Å². The second kappa shape index (κ2) is 6.29. The minimum Gasteiger partial charge on any atom is -0.378 e. The van der Waals surface area contributed by atoms with E-state index in [1.54, 1.807) is 18.9 Å². The fourth-order valence-corrected chi connectivity index (χ4v) is 4.05. The molecule has 0 radical (unpaired) electrons. The predicted octanol–water partition coefficient (Wildman–Crippen LogP) is 0.647. The molecule has 118 valence electrons. The lowest BCUT2D eigenvalue weighted by Crippen LogP contribution is -2.49. The molecule has 1 unspecified atom stereocenters. The normalized spacial score (nSPS) is 19.6. The summed E-state index contributed by atoms with van der Waals surface area (Å²) >= 11 is 1.26. The summed E-state index contributed by atoms with van der Waals surface area (Å²) in [5.41, 5.74) is 1.29. The molecule has 0 aromatic carbocycles. The molecule has 0 saturated carbocycles. The molecule has 1 fully saturated rings. The van der Waals surface area contributed by atoms with Crippen molar-refractivity contribution < 1.29 is 13.2 Å². The summed E-state index contributed by atoms with van der Waals surface area (Å²) in [7, 11) is -1.50. The number of rotatable bonds is 4. The fraction of sp³-hybridized carbons (Fsp3) is 0.667. The van der Waals surface area contributed by atoms with Gasteiger partial charge < -0.3 is 10.2 Å². The van der Waals surface area contributed by atoms with Gasteiger partial charge in [0.25, 0.3) is 5.91 Å². The van der Waals surface area contributed by atoms with Gasteiger partial charge in [0.15, 0.2) is 0 Å². The van der Waals surface area contributed by atoms with Gasteiger partial charge in [-0.2, -0.15) is 4.37 Å². The van der Waals surface area contributed by atoms with Crippen molar-refractivity contribution in [2.75, 3.05) is 31.7 Å². The van der Waals surface area contributed by atoms with E-state index in [0.29, 0.717) is 24.3 Å². The van der Waals surface area contributed by atoms with Gasteiger partial charge >= 0.3 is 0 Å². The van der Waals surface area contributed by atoms with Crippen LogP contribution >= 0.6 is 11.5 Å². The standard InChI is InChI=1S/C12H20N4O3S2/c1-8-10(11(13-2)20-14-8)12(17)16-6-4-5-9(7-16)15-21(3,18)19/h9,13,15H,4-7H2,1-3H3.